The maximum atomic E-state index is 12.4. The Hall–Kier alpha value is -0.580. The molecular formula is C13H15BrClNO2. The molecule has 2 rings (SSSR count). The van der Waals surface area contributed by atoms with Crippen molar-refractivity contribution in [1.82, 2.24) is 4.90 Å². The maximum Gasteiger partial charge on any atom is 0.254 e. The lowest BCUT2D eigenvalue weighted by Gasteiger charge is -2.25. The zero-order valence-electron chi connectivity index (χ0n) is 10.1. The predicted octanol–water partition coefficient (Wildman–Crippen LogP) is 2.95. The van der Waals surface area contributed by atoms with E-state index >= 15 is 0 Å². The molecule has 0 spiro atoms. The molecule has 1 N–H and O–H groups in total. The Balaban J connectivity index is 2.23. The van der Waals surface area contributed by atoms with Crippen molar-refractivity contribution in [2.24, 2.45) is 5.92 Å². The first-order valence-electron chi connectivity index (χ1n) is 5.91. The van der Waals surface area contributed by atoms with E-state index in [1.54, 1.807) is 23.1 Å². The molecule has 2 unspecified atom stereocenters. The van der Waals surface area contributed by atoms with E-state index in [1.165, 1.54) is 0 Å². The molecule has 3 nitrogen and oxygen atoms in total. The molecule has 1 aromatic carbocycles. The SMILES string of the molecule is CC1CCN(C(=O)c2ccc(Cl)c(Br)c2)C1CO. The van der Waals surface area contributed by atoms with E-state index < -0.39 is 0 Å². The van der Waals surface area contributed by atoms with Gasteiger partial charge in [-0.05, 0) is 46.5 Å². The summed E-state index contributed by atoms with van der Waals surface area (Å²) in [4.78, 5) is 14.1. The van der Waals surface area contributed by atoms with Gasteiger partial charge in [0.05, 0.1) is 17.7 Å². The van der Waals surface area contributed by atoms with Crippen molar-refractivity contribution in [2.45, 2.75) is 19.4 Å². The highest BCUT2D eigenvalue weighted by Gasteiger charge is 2.34. The zero-order chi connectivity index (χ0) is 13.3. The largest absolute Gasteiger partial charge is 0.394 e. The number of halogens is 2. The molecule has 0 radical (unpaired) electrons. The van der Waals surface area contributed by atoms with Gasteiger partial charge in [-0.1, -0.05) is 18.5 Å². The number of nitrogens with zero attached hydrogens (tertiary/aromatic N) is 1. The number of aliphatic hydroxyl groups excluding tert-OH is 1. The summed E-state index contributed by atoms with van der Waals surface area (Å²) in [5, 5.41) is 9.96. The molecule has 0 aromatic heterocycles. The number of aliphatic hydroxyl groups is 1. The van der Waals surface area contributed by atoms with Crippen LogP contribution in [0.3, 0.4) is 0 Å². The molecule has 1 saturated heterocycles. The van der Waals surface area contributed by atoms with Crippen molar-refractivity contribution in [2.75, 3.05) is 13.2 Å². The molecule has 1 aliphatic rings. The molecule has 1 amide bonds. The Bertz CT molecular complexity index is 466. The minimum atomic E-state index is -0.0769. The second-order valence-corrected chi connectivity index (χ2v) is 5.90. The van der Waals surface area contributed by atoms with Gasteiger partial charge in [0.15, 0.2) is 0 Å². The maximum absolute atomic E-state index is 12.4. The molecule has 98 valence electrons. The van der Waals surface area contributed by atoms with Crippen molar-refractivity contribution >= 4 is 33.4 Å². The van der Waals surface area contributed by atoms with Crippen molar-refractivity contribution in [3.05, 3.63) is 33.3 Å². The molecule has 1 fully saturated rings. The van der Waals surface area contributed by atoms with Crippen LogP contribution in [0.2, 0.25) is 5.02 Å². The molecular weight excluding hydrogens is 318 g/mol. The van der Waals surface area contributed by atoms with E-state index in [4.69, 9.17) is 11.6 Å². The van der Waals surface area contributed by atoms with E-state index in [0.717, 1.165) is 6.42 Å². The first kappa shape index (κ1) is 13.8. The van der Waals surface area contributed by atoms with E-state index in [1.807, 2.05) is 0 Å². The fourth-order valence-electron chi connectivity index (χ4n) is 2.33. The molecule has 1 aliphatic heterocycles. The topological polar surface area (TPSA) is 40.5 Å². The minimum Gasteiger partial charge on any atom is -0.394 e. The van der Waals surface area contributed by atoms with Crippen LogP contribution in [0.1, 0.15) is 23.7 Å². The smallest absolute Gasteiger partial charge is 0.254 e. The number of hydrogen-bond donors (Lipinski definition) is 1. The van der Waals surface area contributed by atoms with Gasteiger partial charge in [0.2, 0.25) is 0 Å². The van der Waals surface area contributed by atoms with Crippen LogP contribution in [0.25, 0.3) is 0 Å². The van der Waals surface area contributed by atoms with Crippen LogP contribution in [-0.4, -0.2) is 35.1 Å². The molecule has 1 aromatic rings. The third-order valence-corrected chi connectivity index (χ3v) is 4.71. The molecule has 0 aliphatic carbocycles. The number of amides is 1. The number of likely N-dealkylation sites (tertiary alicyclic amines) is 1. The van der Waals surface area contributed by atoms with Crippen LogP contribution in [0, 0.1) is 5.92 Å². The number of carbonyl (C=O) groups is 1. The minimum absolute atomic E-state index is 0.0155. The lowest BCUT2D eigenvalue weighted by Crippen LogP contribution is -2.39. The van der Waals surface area contributed by atoms with Gasteiger partial charge in [-0.15, -0.1) is 0 Å². The summed E-state index contributed by atoms with van der Waals surface area (Å²) in [6.45, 7) is 2.78. The monoisotopic (exact) mass is 331 g/mol. The van der Waals surface area contributed by atoms with Crippen LogP contribution in [-0.2, 0) is 0 Å². The Morgan fingerprint density at radius 3 is 2.94 bits per heavy atom. The van der Waals surface area contributed by atoms with Crippen LogP contribution in [0.4, 0.5) is 0 Å². The summed E-state index contributed by atoms with van der Waals surface area (Å²) >= 11 is 9.23. The standard InChI is InChI=1S/C13H15BrClNO2/c1-8-4-5-16(12(8)7-17)13(18)9-2-3-11(15)10(14)6-9/h2-3,6,8,12,17H,4-5,7H2,1H3. The lowest BCUT2D eigenvalue weighted by atomic mass is 10.0. The molecule has 0 saturated carbocycles. The van der Waals surface area contributed by atoms with Crippen LogP contribution >= 0.6 is 27.5 Å². The second kappa shape index (κ2) is 5.59. The quantitative estimate of drug-likeness (QED) is 0.904. The number of rotatable bonds is 2. The molecule has 2 atom stereocenters. The highest BCUT2D eigenvalue weighted by atomic mass is 79.9. The molecule has 1 heterocycles. The van der Waals surface area contributed by atoms with Crippen molar-refractivity contribution in [1.29, 1.82) is 0 Å². The second-order valence-electron chi connectivity index (χ2n) is 4.64. The summed E-state index contributed by atoms with van der Waals surface area (Å²) in [5.41, 5.74) is 0.596. The third kappa shape index (κ3) is 2.56. The molecule has 0 bridgehead atoms. The van der Waals surface area contributed by atoms with Gasteiger partial charge in [0.1, 0.15) is 0 Å². The van der Waals surface area contributed by atoms with Gasteiger partial charge in [-0.25, -0.2) is 0 Å². The number of carbonyl (C=O) groups excluding carboxylic acids is 1. The third-order valence-electron chi connectivity index (χ3n) is 3.50. The van der Waals surface area contributed by atoms with Gasteiger partial charge in [0, 0.05) is 16.6 Å². The average Bonchev–Trinajstić information content (AvgIpc) is 2.73. The van der Waals surface area contributed by atoms with Gasteiger partial charge in [-0.3, -0.25) is 4.79 Å². The molecule has 18 heavy (non-hydrogen) atoms. The predicted molar refractivity (Wildman–Crippen MR) is 74.8 cm³/mol. The summed E-state index contributed by atoms with van der Waals surface area (Å²) in [6.07, 6.45) is 0.936. The fraction of sp³-hybridized carbons (Fsp3) is 0.462. The number of hydrogen-bond acceptors (Lipinski definition) is 2. The highest BCUT2D eigenvalue weighted by molar-refractivity contribution is 9.10. The average molecular weight is 333 g/mol. The Labute approximate surface area is 120 Å². The van der Waals surface area contributed by atoms with Gasteiger partial charge in [0.25, 0.3) is 5.91 Å². The first-order valence-corrected chi connectivity index (χ1v) is 7.08. The van der Waals surface area contributed by atoms with Gasteiger partial charge < -0.3 is 10.0 Å². The first-order chi connectivity index (χ1) is 8.54. The Kier molecular flexibility index (Phi) is 4.30. The van der Waals surface area contributed by atoms with Crippen molar-refractivity contribution < 1.29 is 9.90 Å². The summed E-state index contributed by atoms with van der Waals surface area (Å²) < 4.78 is 0.711. The van der Waals surface area contributed by atoms with E-state index in [9.17, 15) is 9.90 Å². The van der Waals surface area contributed by atoms with Crippen molar-refractivity contribution in [3.8, 4) is 0 Å². The van der Waals surface area contributed by atoms with E-state index in [-0.39, 0.29) is 18.6 Å². The normalized spacial score (nSPS) is 23.4. The number of benzene rings is 1. The van der Waals surface area contributed by atoms with Crippen molar-refractivity contribution in [3.63, 3.8) is 0 Å². The zero-order valence-corrected chi connectivity index (χ0v) is 12.4. The van der Waals surface area contributed by atoms with Gasteiger partial charge >= 0.3 is 0 Å². The van der Waals surface area contributed by atoms with Crippen LogP contribution < -0.4 is 0 Å². The molecule has 5 heteroatoms. The fourth-order valence-corrected chi connectivity index (χ4v) is 2.83. The van der Waals surface area contributed by atoms with E-state index in [2.05, 4.69) is 22.9 Å². The Morgan fingerprint density at radius 2 is 2.33 bits per heavy atom. The van der Waals surface area contributed by atoms with Crippen LogP contribution in [0.5, 0.6) is 0 Å². The summed E-state index contributed by atoms with van der Waals surface area (Å²) in [5.74, 6) is 0.297. The van der Waals surface area contributed by atoms with E-state index in [0.29, 0.717) is 27.5 Å². The summed E-state index contributed by atoms with van der Waals surface area (Å²) in [7, 11) is 0. The summed E-state index contributed by atoms with van der Waals surface area (Å²) in [6, 6.07) is 5.06. The van der Waals surface area contributed by atoms with Gasteiger partial charge in [-0.2, -0.15) is 0 Å². The lowest BCUT2D eigenvalue weighted by molar-refractivity contribution is 0.0648. The highest BCUT2D eigenvalue weighted by Crippen LogP contribution is 2.28. The Morgan fingerprint density at radius 1 is 1.61 bits per heavy atom. The van der Waals surface area contributed by atoms with Crippen LogP contribution in [0.15, 0.2) is 22.7 Å².